The minimum absolute atomic E-state index is 0.151. The highest BCUT2D eigenvalue weighted by molar-refractivity contribution is 5.70. The zero-order chi connectivity index (χ0) is 61.9. The predicted molar refractivity (Wildman–Crippen MR) is 362 cm³/mol. The number of rotatable bonds is 70. The Morgan fingerprint density at radius 1 is 0.353 bits per heavy atom. The topological polar surface area (TPSA) is 111 Å². The Balaban J connectivity index is 4.03. The van der Waals surface area contributed by atoms with E-state index in [0.29, 0.717) is 17.4 Å². The van der Waals surface area contributed by atoms with Crippen LogP contribution in [0.5, 0.6) is 0 Å². The van der Waals surface area contributed by atoms with Gasteiger partial charge in [-0.25, -0.2) is 0 Å². The van der Waals surface area contributed by atoms with Gasteiger partial charge in [0.2, 0.25) is 0 Å². The Morgan fingerprint density at radius 3 is 0.941 bits per heavy atom. The summed E-state index contributed by atoms with van der Waals surface area (Å²) in [4.78, 5) is 37.5. The maximum atomic E-state index is 12.9. The SMILES string of the molecule is CCCCCCC/C=C\C/C=C\CCCCCCCCCCCCCCCCCCCCCCCC(=O)OC(COC(=O)CCCCCCCCCCCCCCCCC/C=C\CCCCCCCCCC)COC(OCC[N+](C)(C)C)C(=O)[O-]. The lowest BCUT2D eigenvalue weighted by Crippen LogP contribution is -2.44. The first-order valence-electron chi connectivity index (χ1n) is 37.1. The van der Waals surface area contributed by atoms with Crippen molar-refractivity contribution in [2.24, 2.45) is 0 Å². The van der Waals surface area contributed by atoms with Gasteiger partial charge < -0.3 is 33.3 Å². The first-order valence-corrected chi connectivity index (χ1v) is 37.1. The number of nitrogens with zero attached hydrogens (tertiary/aromatic N) is 1. The van der Waals surface area contributed by atoms with Crippen LogP contribution in [0.15, 0.2) is 36.5 Å². The molecule has 0 amide bonds. The highest BCUT2D eigenvalue weighted by atomic mass is 16.7. The van der Waals surface area contributed by atoms with Gasteiger partial charge in [-0.2, -0.15) is 0 Å². The van der Waals surface area contributed by atoms with Gasteiger partial charge in [-0.05, 0) is 70.6 Å². The predicted octanol–water partition coefficient (Wildman–Crippen LogP) is 21.8. The van der Waals surface area contributed by atoms with Crippen molar-refractivity contribution in [3.05, 3.63) is 36.5 Å². The molecule has 85 heavy (non-hydrogen) atoms. The van der Waals surface area contributed by atoms with E-state index in [4.69, 9.17) is 18.9 Å². The average molecular weight is 1200 g/mol. The molecule has 0 saturated carbocycles. The Bertz CT molecular complexity index is 1490. The molecule has 0 aromatic carbocycles. The van der Waals surface area contributed by atoms with Crippen molar-refractivity contribution in [1.29, 1.82) is 0 Å². The Morgan fingerprint density at radius 2 is 0.635 bits per heavy atom. The van der Waals surface area contributed by atoms with Gasteiger partial charge in [-0.15, -0.1) is 0 Å². The quantitative estimate of drug-likeness (QED) is 0.0195. The smallest absolute Gasteiger partial charge is 0.306 e. The van der Waals surface area contributed by atoms with Gasteiger partial charge in [0, 0.05) is 12.8 Å². The van der Waals surface area contributed by atoms with Crippen LogP contribution >= 0.6 is 0 Å². The molecule has 0 radical (unpaired) electrons. The number of hydrogen-bond donors (Lipinski definition) is 0. The van der Waals surface area contributed by atoms with Crippen LogP contribution in [0.1, 0.15) is 373 Å². The normalized spacial score (nSPS) is 12.8. The Hall–Kier alpha value is -2.49. The van der Waals surface area contributed by atoms with Crippen molar-refractivity contribution < 1.29 is 42.9 Å². The van der Waals surface area contributed by atoms with Gasteiger partial charge in [0.25, 0.3) is 0 Å². The van der Waals surface area contributed by atoms with Gasteiger partial charge in [-0.3, -0.25) is 9.59 Å². The summed E-state index contributed by atoms with van der Waals surface area (Å²) in [5.74, 6) is -2.25. The van der Waals surface area contributed by atoms with Crippen LogP contribution < -0.4 is 5.11 Å². The molecule has 0 fully saturated rings. The van der Waals surface area contributed by atoms with E-state index in [9.17, 15) is 19.5 Å². The van der Waals surface area contributed by atoms with Crippen LogP contribution in [0.2, 0.25) is 0 Å². The van der Waals surface area contributed by atoms with Gasteiger partial charge in [0.05, 0.1) is 40.3 Å². The zero-order valence-corrected chi connectivity index (χ0v) is 57.3. The van der Waals surface area contributed by atoms with Crippen LogP contribution in [0.3, 0.4) is 0 Å². The standard InChI is InChI=1S/C76H143NO8/c1-6-8-10-12-14-16-18-20-22-24-26-28-30-32-34-35-36-37-38-39-41-43-45-47-49-51-53-55-57-59-61-63-65-67-74(79)85-72(71-84-76(75(80)81)82-69-68-77(3,4)5)70-83-73(78)66-64-62-60-58-56-54-52-50-48-46-44-42-40-33-31-29-27-25-23-21-19-17-15-13-11-9-7-2/h18,20,24-27,72,76H,6-17,19,21-23,28-71H2,1-5H3/b20-18-,26-24-,27-25-. The van der Waals surface area contributed by atoms with E-state index in [1.54, 1.807) is 0 Å². The van der Waals surface area contributed by atoms with E-state index in [2.05, 4.69) is 50.3 Å². The van der Waals surface area contributed by atoms with E-state index in [1.165, 1.54) is 302 Å². The van der Waals surface area contributed by atoms with E-state index < -0.39 is 24.3 Å². The number of unbranched alkanes of at least 4 members (excludes halogenated alkanes) is 49. The molecule has 0 heterocycles. The molecule has 0 aliphatic rings. The molecule has 0 saturated heterocycles. The molecule has 2 unspecified atom stereocenters. The van der Waals surface area contributed by atoms with Crippen molar-refractivity contribution in [2.75, 3.05) is 47.5 Å². The lowest BCUT2D eigenvalue weighted by molar-refractivity contribution is -0.870. The maximum Gasteiger partial charge on any atom is 0.306 e. The van der Waals surface area contributed by atoms with Crippen molar-refractivity contribution in [3.8, 4) is 0 Å². The minimum atomic E-state index is -1.62. The highest BCUT2D eigenvalue weighted by Gasteiger charge is 2.22. The van der Waals surface area contributed by atoms with Gasteiger partial charge in [0.1, 0.15) is 13.2 Å². The lowest BCUT2D eigenvalue weighted by Gasteiger charge is -2.26. The molecular formula is C76H143NO8. The molecule has 500 valence electrons. The van der Waals surface area contributed by atoms with Crippen molar-refractivity contribution in [1.82, 2.24) is 0 Å². The number of esters is 2. The summed E-state index contributed by atoms with van der Waals surface area (Å²) < 4.78 is 22.8. The second-order valence-corrected chi connectivity index (χ2v) is 26.6. The molecule has 0 N–H and O–H groups in total. The van der Waals surface area contributed by atoms with Crippen molar-refractivity contribution in [2.45, 2.75) is 386 Å². The molecule has 0 aliphatic carbocycles. The highest BCUT2D eigenvalue weighted by Crippen LogP contribution is 2.19. The van der Waals surface area contributed by atoms with E-state index >= 15 is 0 Å². The fraction of sp³-hybridized carbons (Fsp3) is 0.882. The summed E-state index contributed by atoms with van der Waals surface area (Å²) >= 11 is 0. The number of aliphatic carboxylic acids is 1. The number of likely N-dealkylation sites (N-methyl/N-ethyl adjacent to an activating group) is 1. The molecule has 0 aromatic rings. The molecule has 0 rings (SSSR count). The number of carboxylic acid groups (broad SMARTS) is 1. The third-order valence-corrected chi connectivity index (χ3v) is 16.9. The molecule has 2 atom stereocenters. The van der Waals surface area contributed by atoms with Gasteiger partial charge in [0.15, 0.2) is 12.4 Å². The number of ether oxygens (including phenoxy) is 4. The number of hydrogen-bond acceptors (Lipinski definition) is 8. The summed E-state index contributed by atoms with van der Waals surface area (Å²) in [6.45, 7) is 4.81. The summed E-state index contributed by atoms with van der Waals surface area (Å²) in [5, 5.41) is 11.8. The summed E-state index contributed by atoms with van der Waals surface area (Å²) in [6, 6.07) is 0. The first-order chi connectivity index (χ1) is 41.6. The number of carbonyl (C=O) groups excluding carboxylic acids is 3. The maximum absolute atomic E-state index is 12.9. The molecule has 9 nitrogen and oxygen atoms in total. The van der Waals surface area contributed by atoms with Crippen LogP contribution in [0.4, 0.5) is 0 Å². The number of carbonyl (C=O) groups is 3. The fourth-order valence-corrected chi connectivity index (χ4v) is 11.2. The van der Waals surface area contributed by atoms with Crippen LogP contribution in [-0.4, -0.2) is 82.3 Å². The second-order valence-electron chi connectivity index (χ2n) is 26.6. The van der Waals surface area contributed by atoms with E-state index in [0.717, 1.165) is 44.9 Å². The third kappa shape index (κ3) is 68.9. The third-order valence-electron chi connectivity index (χ3n) is 16.9. The number of carboxylic acids is 1. The van der Waals surface area contributed by atoms with E-state index in [-0.39, 0.29) is 32.2 Å². The molecule has 0 aromatic heterocycles. The van der Waals surface area contributed by atoms with Gasteiger partial charge >= 0.3 is 11.9 Å². The van der Waals surface area contributed by atoms with Crippen molar-refractivity contribution >= 4 is 17.9 Å². The van der Waals surface area contributed by atoms with E-state index in [1.807, 2.05) is 21.1 Å². The molecule has 9 heteroatoms. The average Bonchev–Trinajstić information content (AvgIpc) is 3.49. The summed E-state index contributed by atoms with van der Waals surface area (Å²) in [5.41, 5.74) is 0. The summed E-state index contributed by atoms with van der Waals surface area (Å²) in [7, 11) is 5.95. The Kier molecular flexibility index (Phi) is 65.5. The molecule has 0 spiro atoms. The lowest BCUT2D eigenvalue weighted by atomic mass is 10.0. The minimum Gasteiger partial charge on any atom is -0.545 e. The van der Waals surface area contributed by atoms with Crippen LogP contribution in [0, 0.1) is 0 Å². The van der Waals surface area contributed by atoms with Crippen LogP contribution in [0.25, 0.3) is 0 Å². The summed E-state index contributed by atoms with van der Waals surface area (Å²) in [6.07, 6.45) is 82.4. The molecule has 0 aliphatic heterocycles. The zero-order valence-electron chi connectivity index (χ0n) is 57.3. The Labute approximate surface area is 528 Å². The van der Waals surface area contributed by atoms with Crippen LogP contribution in [-0.2, 0) is 33.3 Å². The largest absolute Gasteiger partial charge is 0.545 e. The molecule has 0 bridgehead atoms. The van der Waals surface area contributed by atoms with Gasteiger partial charge in [-0.1, -0.05) is 326 Å². The number of allylic oxidation sites excluding steroid dienone is 6. The fourth-order valence-electron chi connectivity index (χ4n) is 11.2. The monoisotopic (exact) mass is 1200 g/mol. The second kappa shape index (κ2) is 67.4. The number of quaternary nitrogens is 1. The molecular weight excluding hydrogens is 1050 g/mol. The first kappa shape index (κ1) is 82.5. The van der Waals surface area contributed by atoms with Crippen molar-refractivity contribution in [3.63, 3.8) is 0 Å².